The summed E-state index contributed by atoms with van der Waals surface area (Å²) in [6, 6.07) is 0. The molecule has 1 radical (unpaired) electrons. The Balaban J connectivity index is -0.0000000450. The largest absolute Gasteiger partial charge is 2.00 e. The van der Waals surface area contributed by atoms with Crippen LogP contribution in [0.4, 0.5) is 0 Å². The zero-order valence-corrected chi connectivity index (χ0v) is 3.81. The molecule has 5 heteroatoms. The maximum Gasteiger partial charge on any atom is 2.00 e. The summed E-state index contributed by atoms with van der Waals surface area (Å²) in [6.07, 6.45) is 0. The summed E-state index contributed by atoms with van der Waals surface area (Å²) in [7, 11) is -3.37. The Hall–Kier alpha value is 0.829. The van der Waals surface area contributed by atoms with Gasteiger partial charge in [-0.2, -0.15) is 0 Å². The standard InChI is InChI=1S/Cu.O3P/c;1-4(2)3/q+2;-3/p+1. The fraction of sp³-hybridized carbons (Fsp3) is 0. The molecule has 0 rings (SSSR count). The van der Waals surface area contributed by atoms with Gasteiger partial charge in [-0.05, 0) is 0 Å². The molecule has 0 bridgehead atoms. The molecule has 0 unspecified atom stereocenters. The summed E-state index contributed by atoms with van der Waals surface area (Å²) in [5.41, 5.74) is 0. The topological polar surface area (TPSA) is 69.2 Å². The summed E-state index contributed by atoms with van der Waals surface area (Å²) in [5, 5.41) is 0. The second-order valence-electron chi connectivity index (χ2n) is 0.224. The van der Waals surface area contributed by atoms with Crippen LogP contribution < -0.4 is 14.7 Å². The molecule has 0 atom stereocenters. The van der Waals surface area contributed by atoms with Crippen LogP contribution in [0.1, 0.15) is 1.43 Å². The third-order valence-corrected chi connectivity index (χ3v) is 0. The molecule has 0 amide bonds. The molecule has 0 heterocycles. The van der Waals surface area contributed by atoms with Crippen LogP contribution in [0.15, 0.2) is 0 Å². The second-order valence-corrected chi connectivity index (χ2v) is 0.671. The van der Waals surface area contributed by atoms with Gasteiger partial charge in [-0.3, -0.25) is 0 Å². The number of hydrogen-bond donors (Lipinski definition) is 0. The smallest absolute Gasteiger partial charge is 0.854 e. The SMILES string of the molecule is [Cu+2].[H+].[O-]P([O-])[O-]. The molecule has 0 saturated heterocycles. The Morgan fingerprint density at radius 2 is 1.20 bits per heavy atom. The van der Waals surface area contributed by atoms with Crippen molar-refractivity contribution in [3.8, 4) is 0 Å². The van der Waals surface area contributed by atoms with Crippen molar-refractivity contribution < 1.29 is 33.2 Å². The Labute approximate surface area is 42.6 Å². The molecule has 0 aromatic rings. The van der Waals surface area contributed by atoms with Gasteiger partial charge in [0, 0.05) is 0 Å². The van der Waals surface area contributed by atoms with Gasteiger partial charge < -0.3 is 23.3 Å². The first kappa shape index (κ1) is 9.27. The zero-order chi connectivity index (χ0) is 3.58. The molecule has 0 aliphatic heterocycles. The van der Waals surface area contributed by atoms with Gasteiger partial charge in [-0.15, -0.1) is 0 Å². The maximum atomic E-state index is 8.48. The van der Waals surface area contributed by atoms with Crippen LogP contribution in [0.5, 0.6) is 0 Å². The van der Waals surface area contributed by atoms with Crippen molar-refractivity contribution in [2.24, 2.45) is 0 Å². The summed E-state index contributed by atoms with van der Waals surface area (Å²) in [6.45, 7) is 0. The minimum atomic E-state index is -3.37. The van der Waals surface area contributed by atoms with Crippen LogP contribution in [0.25, 0.3) is 0 Å². The van der Waals surface area contributed by atoms with E-state index in [-0.39, 0.29) is 18.5 Å². The third kappa shape index (κ3) is 56.2. The van der Waals surface area contributed by atoms with E-state index in [1.165, 1.54) is 0 Å². The van der Waals surface area contributed by atoms with E-state index in [1.807, 2.05) is 0 Å². The van der Waals surface area contributed by atoms with Gasteiger partial charge in [0.1, 0.15) is 0 Å². The van der Waals surface area contributed by atoms with Gasteiger partial charge >= 0.3 is 18.5 Å². The Bertz CT molecular complexity index is 15.5. The summed E-state index contributed by atoms with van der Waals surface area (Å²) in [4.78, 5) is 25.4. The summed E-state index contributed by atoms with van der Waals surface area (Å²) in [5.74, 6) is 0. The average molecular weight is 144 g/mol. The molecule has 0 N–H and O–H groups in total. The molecule has 0 spiro atoms. The fourth-order valence-corrected chi connectivity index (χ4v) is 0. The van der Waals surface area contributed by atoms with Crippen molar-refractivity contribution in [2.45, 2.75) is 0 Å². The first-order valence-electron chi connectivity index (χ1n) is 0.548. The van der Waals surface area contributed by atoms with Crippen molar-refractivity contribution in [3.63, 3.8) is 0 Å². The normalized spacial score (nSPS) is 7.20. The van der Waals surface area contributed by atoms with E-state index >= 15 is 0 Å². The van der Waals surface area contributed by atoms with Crippen molar-refractivity contribution in [1.29, 1.82) is 0 Å². The maximum absolute atomic E-state index is 8.48. The van der Waals surface area contributed by atoms with Gasteiger partial charge in [-0.1, -0.05) is 0 Å². The van der Waals surface area contributed by atoms with E-state index in [2.05, 4.69) is 0 Å². The minimum Gasteiger partial charge on any atom is -0.854 e. The molecule has 3 nitrogen and oxygen atoms in total. The minimum absolute atomic E-state index is 0. The molecule has 0 aromatic heterocycles. The molecular weight excluding hydrogens is 143 g/mol. The number of hydrogen-bond acceptors (Lipinski definition) is 3. The second kappa shape index (κ2) is 4.83. The Morgan fingerprint density at radius 3 is 1.20 bits per heavy atom. The molecule has 0 aliphatic carbocycles. The van der Waals surface area contributed by atoms with E-state index < -0.39 is 8.60 Å². The number of rotatable bonds is 0. The van der Waals surface area contributed by atoms with Crippen molar-refractivity contribution in [3.05, 3.63) is 0 Å². The average Bonchev–Trinajstić information content (AvgIpc) is 0.811. The third-order valence-electron chi connectivity index (χ3n) is 0. The molecule has 35 valence electrons. The summed E-state index contributed by atoms with van der Waals surface area (Å²) >= 11 is 0. The van der Waals surface area contributed by atoms with E-state index in [1.54, 1.807) is 0 Å². The monoisotopic (exact) mass is 143 g/mol. The Kier molecular flexibility index (Phi) is 8.96. The van der Waals surface area contributed by atoms with E-state index in [0.717, 1.165) is 0 Å². The van der Waals surface area contributed by atoms with E-state index in [9.17, 15) is 0 Å². The van der Waals surface area contributed by atoms with Crippen LogP contribution in [0.3, 0.4) is 0 Å². The molecule has 0 fully saturated rings. The predicted octanol–water partition coefficient (Wildman–Crippen LogP) is -2.60. The van der Waals surface area contributed by atoms with Gasteiger partial charge in [0.05, 0.1) is 0 Å². The first-order valence-corrected chi connectivity index (χ1v) is 1.64. The van der Waals surface area contributed by atoms with Crippen LogP contribution >= 0.6 is 8.60 Å². The quantitative estimate of drug-likeness (QED) is 0.276. The molecular formula is HCuO3P. The van der Waals surface area contributed by atoms with Crippen molar-refractivity contribution >= 4 is 8.60 Å². The van der Waals surface area contributed by atoms with Gasteiger partial charge in [0.2, 0.25) is 0 Å². The van der Waals surface area contributed by atoms with Crippen LogP contribution in [0.2, 0.25) is 0 Å². The van der Waals surface area contributed by atoms with Crippen LogP contribution in [-0.2, 0) is 17.1 Å². The van der Waals surface area contributed by atoms with E-state index in [0.29, 0.717) is 0 Å². The van der Waals surface area contributed by atoms with Crippen LogP contribution in [-0.4, -0.2) is 0 Å². The molecule has 0 aliphatic rings. The van der Waals surface area contributed by atoms with Gasteiger partial charge in [0.15, 0.2) is 0 Å². The Morgan fingerprint density at radius 1 is 1.20 bits per heavy atom. The first-order chi connectivity index (χ1) is 1.73. The molecule has 0 saturated carbocycles. The predicted molar refractivity (Wildman–Crippen MR) is 8.03 cm³/mol. The van der Waals surface area contributed by atoms with Crippen molar-refractivity contribution in [2.75, 3.05) is 0 Å². The zero-order valence-electron chi connectivity index (χ0n) is 2.97. The molecule has 5 heavy (non-hydrogen) atoms. The fourth-order valence-electron chi connectivity index (χ4n) is 0. The van der Waals surface area contributed by atoms with E-state index in [4.69, 9.17) is 14.7 Å². The summed E-state index contributed by atoms with van der Waals surface area (Å²) < 4.78 is 0. The van der Waals surface area contributed by atoms with Crippen LogP contribution in [0, 0.1) is 0 Å². The van der Waals surface area contributed by atoms with Gasteiger partial charge in [0.25, 0.3) is 0 Å². The van der Waals surface area contributed by atoms with Crippen molar-refractivity contribution in [1.82, 2.24) is 0 Å². The van der Waals surface area contributed by atoms with Gasteiger partial charge in [-0.25, -0.2) is 0 Å². The molecule has 0 aromatic carbocycles.